The molecular formula is C12H9Si. The first-order valence-electron chi connectivity index (χ1n) is 4.53. The highest BCUT2D eigenvalue weighted by Crippen LogP contribution is 2.17. The Morgan fingerprint density at radius 3 is 2.77 bits per heavy atom. The van der Waals surface area contributed by atoms with Crippen LogP contribution in [0, 0.1) is 6.07 Å². The minimum Gasteiger partial charge on any atom is -0.0627 e. The van der Waals surface area contributed by atoms with Gasteiger partial charge < -0.3 is 0 Å². The van der Waals surface area contributed by atoms with Crippen molar-refractivity contribution >= 4 is 19.9 Å². The lowest BCUT2D eigenvalue weighted by Crippen LogP contribution is -2.20. The monoisotopic (exact) mass is 181 g/mol. The minimum absolute atomic E-state index is 0.191. The van der Waals surface area contributed by atoms with Crippen LogP contribution in [-0.2, 0) is 0 Å². The van der Waals surface area contributed by atoms with Gasteiger partial charge in [-0.05, 0) is 17.2 Å². The normalized spacial score (nSPS) is 12.3. The van der Waals surface area contributed by atoms with Gasteiger partial charge in [0.1, 0.15) is 0 Å². The Kier molecular flexibility index (Phi) is 1.40. The second-order valence-electron chi connectivity index (χ2n) is 3.40. The van der Waals surface area contributed by atoms with Gasteiger partial charge in [-0.1, -0.05) is 52.8 Å². The van der Waals surface area contributed by atoms with E-state index in [0.717, 1.165) is 0 Å². The zero-order valence-electron chi connectivity index (χ0n) is 7.25. The molecule has 61 valence electrons. The summed E-state index contributed by atoms with van der Waals surface area (Å²) < 4.78 is 0. The predicted molar refractivity (Wildman–Crippen MR) is 58.5 cm³/mol. The first-order chi connectivity index (χ1) is 6.45. The van der Waals surface area contributed by atoms with Crippen LogP contribution in [-0.4, -0.2) is 9.52 Å². The van der Waals surface area contributed by atoms with Gasteiger partial charge in [-0.15, -0.1) is 0 Å². The average molecular weight is 181 g/mol. The quantitative estimate of drug-likeness (QED) is 0.445. The molecule has 0 amide bonds. The molecule has 0 saturated heterocycles. The van der Waals surface area contributed by atoms with E-state index in [1.54, 1.807) is 10.4 Å². The van der Waals surface area contributed by atoms with E-state index in [1.807, 2.05) is 6.07 Å². The van der Waals surface area contributed by atoms with Crippen LogP contribution in [0.3, 0.4) is 0 Å². The standard InChI is InChI=1S/C12H9Si/c1-3-7-11-9(5-1)10-6-2-4-8-12(10)13-11/h1-5,7-8H,13H2. The molecule has 2 aromatic rings. The molecule has 0 spiro atoms. The van der Waals surface area contributed by atoms with E-state index in [2.05, 4.69) is 42.5 Å². The molecule has 0 aromatic heterocycles. The number of fused-ring (bicyclic) bond motifs is 3. The Bertz CT molecular complexity index is 417. The van der Waals surface area contributed by atoms with Gasteiger partial charge in [-0.2, -0.15) is 0 Å². The third-order valence-corrected chi connectivity index (χ3v) is 4.58. The molecule has 2 aromatic carbocycles. The van der Waals surface area contributed by atoms with Gasteiger partial charge in [0.15, 0.2) is 0 Å². The van der Waals surface area contributed by atoms with E-state index in [0.29, 0.717) is 0 Å². The number of benzene rings is 2. The second-order valence-corrected chi connectivity index (χ2v) is 5.28. The summed E-state index contributed by atoms with van der Waals surface area (Å²) in [5.74, 6) is 0. The van der Waals surface area contributed by atoms with Crippen LogP contribution in [0.15, 0.2) is 42.5 Å². The maximum absolute atomic E-state index is 3.34. The Balaban J connectivity index is 2.32. The highest BCUT2D eigenvalue weighted by molar-refractivity contribution is 6.73. The molecule has 1 heteroatoms. The van der Waals surface area contributed by atoms with E-state index < -0.39 is 0 Å². The maximum atomic E-state index is 3.34. The Morgan fingerprint density at radius 1 is 0.923 bits per heavy atom. The predicted octanol–water partition coefficient (Wildman–Crippen LogP) is 0.587. The summed E-state index contributed by atoms with van der Waals surface area (Å²) in [7, 11) is -0.191. The van der Waals surface area contributed by atoms with Gasteiger partial charge in [0.05, 0.1) is 9.52 Å². The van der Waals surface area contributed by atoms with Crippen molar-refractivity contribution in [2.45, 2.75) is 0 Å². The largest absolute Gasteiger partial charge is 0.0891 e. The van der Waals surface area contributed by atoms with E-state index >= 15 is 0 Å². The van der Waals surface area contributed by atoms with Gasteiger partial charge in [0, 0.05) is 0 Å². The fraction of sp³-hybridized carbons (Fsp3) is 0. The highest BCUT2D eigenvalue weighted by Gasteiger charge is 2.16. The molecule has 1 radical (unpaired) electrons. The third kappa shape index (κ3) is 0.973. The van der Waals surface area contributed by atoms with Crippen LogP contribution in [0.1, 0.15) is 0 Å². The fourth-order valence-electron chi connectivity index (χ4n) is 1.99. The van der Waals surface area contributed by atoms with Crippen LogP contribution in [0.5, 0.6) is 0 Å². The van der Waals surface area contributed by atoms with Crippen molar-refractivity contribution in [3.05, 3.63) is 48.5 Å². The van der Waals surface area contributed by atoms with Gasteiger partial charge in [0.2, 0.25) is 0 Å². The van der Waals surface area contributed by atoms with E-state index in [9.17, 15) is 0 Å². The van der Waals surface area contributed by atoms with Crippen molar-refractivity contribution < 1.29 is 0 Å². The molecule has 0 nitrogen and oxygen atoms in total. The molecule has 0 saturated carbocycles. The second kappa shape index (κ2) is 2.57. The van der Waals surface area contributed by atoms with E-state index in [-0.39, 0.29) is 9.52 Å². The van der Waals surface area contributed by atoms with Crippen LogP contribution in [0.4, 0.5) is 0 Å². The number of rotatable bonds is 0. The first-order valence-corrected chi connectivity index (χ1v) is 5.94. The van der Waals surface area contributed by atoms with Gasteiger partial charge >= 0.3 is 0 Å². The maximum Gasteiger partial charge on any atom is 0.0891 e. The van der Waals surface area contributed by atoms with Gasteiger partial charge in [0.25, 0.3) is 0 Å². The Hall–Kier alpha value is -1.34. The Morgan fingerprint density at radius 2 is 1.77 bits per heavy atom. The average Bonchev–Trinajstić information content (AvgIpc) is 2.56. The minimum atomic E-state index is -0.191. The molecule has 0 bridgehead atoms. The highest BCUT2D eigenvalue weighted by atomic mass is 28.2. The van der Waals surface area contributed by atoms with Crippen LogP contribution in [0.25, 0.3) is 11.1 Å². The molecule has 3 rings (SSSR count). The summed E-state index contributed by atoms with van der Waals surface area (Å²) in [6.07, 6.45) is 0. The topological polar surface area (TPSA) is 0 Å². The SMILES string of the molecule is [c]1cccc2c1-c1ccccc1[SiH2]2. The zero-order chi connectivity index (χ0) is 8.67. The van der Waals surface area contributed by atoms with E-state index in [1.165, 1.54) is 11.1 Å². The lowest BCUT2D eigenvalue weighted by molar-refractivity contribution is 1.69. The number of hydrogen-bond donors (Lipinski definition) is 0. The number of hydrogen-bond acceptors (Lipinski definition) is 0. The molecular weight excluding hydrogens is 172 g/mol. The zero-order valence-corrected chi connectivity index (χ0v) is 8.66. The summed E-state index contributed by atoms with van der Waals surface area (Å²) in [6, 6.07) is 18.4. The van der Waals surface area contributed by atoms with Crippen molar-refractivity contribution in [3.8, 4) is 11.1 Å². The molecule has 0 fully saturated rings. The van der Waals surface area contributed by atoms with Crippen molar-refractivity contribution in [1.29, 1.82) is 0 Å². The Labute approximate surface area is 80.1 Å². The summed E-state index contributed by atoms with van der Waals surface area (Å²) >= 11 is 0. The summed E-state index contributed by atoms with van der Waals surface area (Å²) in [4.78, 5) is 0. The van der Waals surface area contributed by atoms with Crippen molar-refractivity contribution in [2.24, 2.45) is 0 Å². The lowest BCUT2D eigenvalue weighted by Gasteiger charge is -1.98. The van der Waals surface area contributed by atoms with Crippen molar-refractivity contribution in [3.63, 3.8) is 0 Å². The molecule has 0 unspecified atom stereocenters. The van der Waals surface area contributed by atoms with Crippen LogP contribution >= 0.6 is 0 Å². The van der Waals surface area contributed by atoms with Crippen LogP contribution in [0.2, 0.25) is 0 Å². The molecule has 1 aliphatic heterocycles. The van der Waals surface area contributed by atoms with Gasteiger partial charge in [-0.25, -0.2) is 0 Å². The third-order valence-electron chi connectivity index (χ3n) is 2.61. The van der Waals surface area contributed by atoms with Crippen LogP contribution < -0.4 is 10.4 Å². The molecule has 0 N–H and O–H groups in total. The first kappa shape index (κ1) is 7.10. The smallest absolute Gasteiger partial charge is 0.0627 e. The molecule has 0 aliphatic carbocycles. The molecule has 1 aliphatic rings. The van der Waals surface area contributed by atoms with Crippen molar-refractivity contribution in [1.82, 2.24) is 0 Å². The fourth-order valence-corrected chi connectivity index (χ4v) is 3.87. The summed E-state index contributed by atoms with van der Waals surface area (Å²) in [6.45, 7) is 0. The molecule has 0 atom stereocenters. The van der Waals surface area contributed by atoms with Gasteiger partial charge in [-0.3, -0.25) is 0 Å². The summed E-state index contributed by atoms with van der Waals surface area (Å²) in [5.41, 5.74) is 2.77. The van der Waals surface area contributed by atoms with E-state index in [4.69, 9.17) is 0 Å². The van der Waals surface area contributed by atoms with Crippen molar-refractivity contribution in [2.75, 3.05) is 0 Å². The lowest BCUT2D eigenvalue weighted by atomic mass is 10.1. The summed E-state index contributed by atoms with van der Waals surface area (Å²) in [5, 5.41) is 3.11. The molecule has 13 heavy (non-hydrogen) atoms. The molecule has 1 heterocycles.